The largest absolute Gasteiger partial charge is 0.399 e. The molecule has 0 amide bonds. The predicted octanol–water partition coefficient (Wildman–Crippen LogP) is 4.44. The molecule has 0 aliphatic heterocycles. The molecule has 0 saturated heterocycles. The van der Waals surface area contributed by atoms with E-state index in [9.17, 15) is 0 Å². The smallest absolute Gasteiger partial charge is 0.126 e. The Morgan fingerprint density at radius 2 is 1.90 bits per heavy atom. The lowest BCUT2D eigenvalue weighted by molar-refractivity contribution is 0.520. The van der Waals surface area contributed by atoms with Crippen LogP contribution in [0.5, 0.6) is 0 Å². The molecule has 0 aliphatic carbocycles. The SMILES string of the molecule is CC(C)CCCC(C)Nc1ccc2cc(N)ccc2n1. The predicted molar refractivity (Wildman–Crippen MR) is 87.9 cm³/mol. The molecule has 2 rings (SSSR count). The van der Waals surface area contributed by atoms with Crippen LogP contribution in [0.4, 0.5) is 11.5 Å². The molecule has 2 aromatic rings. The molecule has 3 heteroatoms. The first kappa shape index (κ1) is 14.6. The average molecular weight is 271 g/mol. The molecule has 1 heterocycles. The van der Waals surface area contributed by atoms with Crippen molar-refractivity contribution in [1.29, 1.82) is 0 Å². The first-order valence-corrected chi connectivity index (χ1v) is 7.47. The van der Waals surface area contributed by atoms with Crippen molar-refractivity contribution in [3.63, 3.8) is 0 Å². The molecule has 3 N–H and O–H groups in total. The van der Waals surface area contributed by atoms with Crippen LogP contribution in [0.2, 0.25) is 0 Å². The van der Waals surface area contributed by atoms with Crippen molar-refractivity contribution in [3.8, 4) is 0 Å². The maximum absolute atomic E-state index is 5.78. The van der Waals surface area contributed by atoms with Crippen LogP contribution in [-0.2, 0) is 0 Å². The van der Waals surface area contributed by atoms with Crippen LogP contribution in [0.3, 0.4) is 0 Å². The van der Waals surface area contributed by atoms with Crippen molar-refractivity contribution in [2.45, 2.75) is 46.1 Å². The lowest BCUT2D eigenvalue weighted by Crippen LogP contribution is -2.16. The summed E-state index contributed by atoms with van der Waals surface area (Å²) in [5.41, 5.74) is 7.54. The Bertz CT molecular complexity index is 563. The summed E-state index contributed by atoms with van der Waals surface area (Å²) >= 11 is 0. The summed E-state index contributed by atoms with van der Waals surface area (Å²) in [6.45, 7) is 6.76. The number of benzene rings is 1. The fourth-order valence-electron chi connectivity index (χ4n) is 2.38. The second-order valence-corrected chi connectivity index (χ2v) is 6.02. The number of nitrogens with one attached hydrogen (secondary N) is 1. The minimum Gasteiger partial charge on any atom is -0.399 e. The molecule has 0 saturated carbocycles. The van der Waals surface area contributed by atoms with Gasteiger partial charge < -0.3 is 11.1 Å². The molecule has 0 spiro atoms. The van der Waals surface area contributed by atoms with E-state index in [1.54, 1.807) is 0 Å². The normalized spacial score (nSPS) is 12.8. The molecular weight excluding hydrogens is 246 g/mol. The van der Waals surface area contributed by atoms with Crippen LogP contribution in [0.15, 0.2) is 30.3 Å². The van der Waals surface area contributed by atoms with E-state index < -0.39 is 0 Å². The molecule has 3 nitrogen and oxygen atoms in total. The summed E-state index contributed by atoms with van der Waals surface area (Å²) in [5.74, 6) is 1.73. The first-order valence-electron chi connectivity index (χ1n) is 7.47. The van der Waals surface area contributed by atoms with Crippen LogP contribution in [-0.4, -0.2) is 11.0 Å². The third-order valence-corrected chi connectivity index (χ3v) is 3.53. The zero-order valence-corrected chi connectivity index (χ0v) is 12.7. The van der Waals surface area contributed by atoms with Crippen LogP contribution < -0.4 is 11.1 Å². The van der Waals surface area contributed by atoms with Gasteiger partial charge in [-0.15, -0.1) is 0 Å². The highest BCUT2D eigenvalue weighted by Gasteiger charge is 2.05. The fraction of sp³-hybridized carbons (Fsp3) is 0.471. The number of hydrogen-bond donors (Lipinski definition) is 2. The van der Waals surface area contributed by atoms with Gasteiger partial charge in [-0.25, -0.2) is 4.98 Å². The van der Waals surface area contributed by atoms with Gasteiger partial charge in [-0.2, -0.15) is 0 Å². The lowest BCUT2D eigenvalue weighted by Gasteiger charge is -2.15. The van der Waals surface area contributed by atoms with Crippen LogP contribution in [0, 0.1) is 5.92 Å². The zero-order chi connectivity index (χ0) is 14.5. The Balaban J connectivity index is 1.97. The average Bonchev–Trinajstić information content (AvgIpc) is 2.38. The topological polar surface area (TPSA) is 50.9 Å². The Kier molecular flexibility index (Phi) is 4.83. The van der Waals surface area contributed by atoms with Crippen LogP contribution in [0.1, 0.15) is 40.0 Å². The van der Waals surface area contributed by atoms with Crippen LogP contribution in [0.25, 0.3) is 10.9 Å². The van der Waals surface area contributed by atoms with Gasteiger partial charge in [0.1, 0.15) is 5.82 Å². The number of aromatic nitrogens is 1. The van der Waals surface area contributed by atoms with E-state index in [2.05, 4.69) is 37.1 Å². The van der Waals surface area contributed by atoms with Crippen LogP contribution >= 0.6 is 0 Å². The number of nitrogen functional groups attached to an aromatic ring is 1. The molecule has 1 unspecified atom stereocenters. The summed E-state index contributed by atoms with van der Waals surface area (Å²) in [6, 6.07) is 10.4. The maximum Gasteiger partial charge on any atom is 0.126 e. The second kappa shape index (κ2) is 6.60. The number of rotatable bonds is 6. The molecular formula is C17H25N3. The third kappa shape index (κ3) is 4.12. The van der Waals surface area contributed by atoms with Gasteiger partial charge in [0.15, 0.2) is 0 Å². The molecule has 1 atom stereocenters. The van der Waals surface area contributed by atoms with E-state index in [0.29, 0.717) is 6.04 Å². The van der Waals surface area contributed by atoms with Crippen molar-refractivity contribution < 1.29 is 0 Å². The van der Waals surface area contributed by atoms with E-state index in [1.807, 2.05) is 24.3 Å². The van der Waals surface area contributed by atoms with Gasteiger partial charge in [0.2, 0.25) is 0 Å². The number of pyridine rings is 1. The quantitative estimate of drug-likeness (QED) is 0.763. The Morgan fingerprint density at radius 1 is 1.10 bits per heavy atom. The number of nitrogens with two attached hydrogens (primary N) is 1. The van der Waals surface area contributed by atoms with Gasteiger partial charge in [-0.3, -0.25) is 0 Å². The third-order valence-electron chi connectivity index (χ3n) is 3.53. The number of nitrogens with zero attached hydrogens (tertiary/aromatic N) is 1. The van der Waals surface area contributed by atoms with Crippen molar-refractivity contribution >= 4 is 22.4 Å². The van der Waals surface area contributed by atoms with Crippen molar-refractivity contribution in [2.24, 2.45) is 5.92 Å². The minimum atomic E-state index is 0.451. The standard InChI is InChI=1S/C17H25N3/c1-12(2)5-4-6-13(3)19-17-10-7-14-11-15(18)8-9-16(14)20-17/h7-13H,4-6,18H2,1-3H3,(H,19,20). The van der Waals surface area contributed by atoms with E-state index in [1.165, 1.54) is 19.3 Å². The van der Waals surface area contributed by atoms with Gasteiger partial charge >= 0.3 is 0 Å². The highest BCUT2D eigenvalue weighted by atomic mass is 15.0. The Hall–Kier alpha value is -1.77. The number of anilines is 2. The summed E-state index contributed by atoms with van der Waals surface area (Å²) in [7, 11) is 0. The van der Waals surface area contributed by atoms with Gasteiger partial charge in [0, 0.05) is 17.1 Å². The zero-order valence-electron chi connectivity index (χ0n) is 12.7. The van der Waals surface area contributed by atoms with E-state index >= 15 is 0 Å². The molecule has 108 valence electrons. The molecule has 20 heavy (non-hydrogen) atoms. The number of fused-ring (bicyclic) bond motifs is 1. The monoisotopic (exact) mass is 271 g/mol. The molecule has 1 aromatic carbocycles. The highest BCUT2D eigenvalue weighted by molar-refractivity contribution is 5.83. The Labute approximate surface area is 121 Å². The van der Waals surface area contributed by atoms with Gasteiger partial charge in [0.25, 0.3) is 0 Å². The van der Waals surface area contributed by atoms with Gasteiger partial charge in [0.05, 0.1) is 5.52 Å². The fourth-order valence-corrected chi connectivity index (χ4v) is 2.38. The molecule has 0 bridgehead atoms. The Morgan fingerprint density at radius 3 is 2.65 bits per heavy atom. The number of hydrogen-bond acceptors (Lipinski definition) is 3. The second-order valence-electron chi connectivity index (χ2n) is 6.02. The van der Waals surface area contributed by atoms with E-state index in [4.69, 9.17) is 5.73 Å². The van der Waals surface area contributed by atoms with Crippen molar-refractivity contribution in [1.82, 2.24) is 4.98 Å². The van der Waals surface area contributed by atoms with E-state index in [0.717, 1.165) is 28.3 Å². The lowest BCUT2D eigenvalue weighted by atomic mass is 10.0. The summed E-state index contributed by atoms with van der Waals surface area (Å²) < 4.78 is 0. The molecule has 0 radical (unpaired) electrons. The molecule has 0 fully saturated rings. The first-order chi connectivity index (χ1) is 9.54. The minimum absolute atomic E-state index is 0.451. The molecule has 0 aliphatic rings. The van der Waals surface area contributed by atoms with Gasteiger partial charge in [-0.05, 0) is 49.6 Å². The highest BCUT2D eigenvalue weighted by Crippen LogP contribution is 2.19. The van der Waals surface area contributed by atoms with Gasteiger partial charge in [-0.1, -0.05) is 26.7 Å². The summed E-state index contributed by atoms with van der Waals surface area (Å²) in [4.78, 5) is 4.63. The summed E-state index contributed by atoms with van der Waals surface area (Å²) in [6.07, 6.45) is 3.73. The summed E-state index contributed by atoms with van der Waals surface area (Å²) in [5, 5.41) is 4.57. The maximum atomic E-state index is 5.78. The molecule has 1 aromatic heterocycles. The van der Waals surface area contributed by atoms with Crippen molar-refractivity contribution in [2.75, 3.05) is 11.1 Å². The van der Waals surface area contributed by atoms with E-state index in [-0.39, 0.29) is 0 Å². The van der Waals surface area contributed by atoms with Crippen molar-refractivity contribution in [3.05, 3.63) is 30.3 Å².